The van der Waals surface area contributed by atoms with E-state index in [0.29, 0.717) is 6.04 Å². The fourth-order valence-corrected chi connectivity index (χ4v) is 3.39. The van der Waals surface area contributed by atoms with E-state index in [2.05, 4.69) is 28.0 Å². The van der Waals surface area contributed by atoms with Gasteiger partial charge in [-0.1, -0.05) is 0 Å². The van der Waals surface area contributed by atoms with Crippen LogP contribution in [0.2, 0.25) is 0 Å². The molecule has 2 aliphatic heterocycles. The van der Waals surface area contributed by atoms with Gasteiger partial charge in [-0.3, -0.25) is 9.58 Å². The average molecular weight is 238 g/mol. The Kier molecular flexibility index (Phi) is 2.91. The first-order valence-electron chi connectivity index (χ1n) is 5.96. The summed E-state index contributed by atoms with van der Waals surface area (Å²) in [4.78, 5) is 2.42. The van der Waals surface area contributed by atoms with Gasteiger partial charge in [0, 0.05) is 12.3 Å². The number of hydrogen-bond acceptors (Lipinski definition) is 4. The number of fused-ring (bicyclic) bond motifs is 1. The molecule has 1 atom stereocenters. The van der Waals surface area contributed by atoms with Gasteiger partial charge in [0.1, 0.15) is 0 Å². The summed E-state index contributed by atoms with van der Waals surface area (Å²) in [6.07, 6.45) is 1.23. The monoisotopic (exact) mass is 238 g/mol. The Hall–Kier alpha value is -0.520. The summed E-state index contributed by atoms with van der Waals surface area (Å²) in [5.41, 5.74) is 1.24. The Balaban J connectivity index is 1.83. The quantitative estimate of drug-likeness (QED) is 0.790. The minimum atomic E-state index is 0.446. The van der Waals surface area contributed by atoms with Crippen LogP contribution in [0.25, 0.3) is 0 Å². The second kappa shape index (κ2) is 4.39. The van der Waals surface area contributed by atoms with Crippen molar-refractivity contribution in [3.63, 3.8) is 0 Å². The Morgan fingerprint density at radius 1 is 1.50 bits per heavy atom. The van der Waals surface area contributed by atoms with Crippen molar-refractivity contribution in [2.24, 2.45) is 0 Å². The molecule has 1 aromatic rings. The summed E-state index contributed by atoms with van der Waals surface area (Å²) >= 11 is 1.92. The smallest absolute Gasteiger partial charge is 0.0944 e. The number of rotatable bonds is 1. The Morgan fingerprint density at radius 3 is 3.31 bits per heavy atom. The summed E-state index contributed by atoms with van der Waals surface area (Å²) in [6.45, 7) is 4.39. The highest BCUT2D eigenvalue weighted by Crippen LogP contribution is 2.29. The van der Waals surface area contributed by atoms with Crippen molar-refractivity contribution in [2.75, 3.05) is 32.4 Å². The largest absolute Gasteiger partial charge is 0.315 e. The Bertz CT molecular complexity index is 355. The van der Waals surface area contributed by atoms with E-state index < -0.39 is 0 Å². The van der Waals surface area contributed by atoms with E-state index in [1.165, 1.54) is 22.9 Å². The normalized spacial score (nSPS) is 26.7. The molecule has 1 unspecified atom stereocenters. The standard InChI is InChI=1S/C11H18N4S/c1-14-4-2-3-12-8-10(14)9-7-11-15(13-9)5-6-16-11/h7,10,12H,2-6,8H2,1H3. The van der Waals surface area contributed by atoms with Crippen LogP contribution in [0.3, 0.4) is 0 Å². The number of aromatic nitrogens is 2. The third-order valence-corrected chi connectivity index (χ3v) is 4.40. The van der Waals surface area contributed by atoms with Crippen molar-refractivity contribution >= 4 is 11.8 Å². The lowest BCUT2D eigenvalue weighted by atomic mass is 10.2. The van der Waals surface area contributed by atoms with Gasteiger partial charge in [0.15, 0.2) is 0 Å². The minimum Gasteiger partial charge on any atom is -0.315 e. The van der Waals surface area contributed by atoms with Gasteiger partial charge in [-0.25, -0.2) is 0 Å². The van der Waals surface area contributed by atoms with Gasteiger partial charge < -0.3 is 5.32 Å². The molecule has 3 heterocycles. The lowest BCUT2D eigenvalue weighted by Gasteiger charge is -2.23. The summed E-state index contributed by atoms with van der Waals surface area (Å²) in [7, 11) is 2.20. The van der Waals surface area contributed by atoms with Crippen LogP contribution in [-0.4, -0.2) is 47.1 Å². The van der Waals surface area contributed by atoms with Gasteiger partial charge in [0.25, 0.3) is 0 Å². The zero-order chi connectivity index (χ0) is 11.0. The third-order valence-electron chi connectivity index (χ3n) is 3.39. The van der Waals surface area contributed by atoms with Gasteiger partial charge in [0.05, 0.1) is 23.3 Å². The summed E-state index contributed by atoms with van der Waals surface area (Å²) in [5.74, 6) is 1.18. The second-order valence-electron chi connectivity index (χ2n) is 4.53. The molecule has 5 heteroatoms. The molecule has 0 aliphatic carbocycles. The van der Waals surface area contributed by atoms with Crippen LogP contribution in [-0.2, 0) is 6.54 Å². The molecule has 1 fully saturated rings. The number of nitrogens with zero attached hydrogens (tertiary/aromatic N) is 3. The molecule has 3 rings (SSSR count). The summed E-state index contributed by atoms with van der Waals surface area (Å²) in [5, 5.41) is 9.55. The minimum absolute atomic E-state index is 0.446. The maximum Gasteiger partial charge on any atom is 0.0944 e. The van der Waals surface area contributed by atoms with Crippen molar-refractivity contribution in [2.45, 2.75) is 24.0 Å². The zero-order valence-corrected chi connectivity index (χ0v) is 10.5. The molecule has 4 nitrogen and oxygen atoms in total. The molecule has 0 spiro atoms. The van der Waals surface area contributed by atoms with Crippen molar-refractivity contribution < 1.29 is 0 Å². The van der Waals surface area contributed by atoms with E-state index in [0.717, 1.165) is 26.2 Å². The molecule has 0 saturated carbocycles. The summed E-state index contributed by atoms with van der Waals surface area (Å²) < 4.78 is 2.15. The van der Waals surface area contributed by atoms with Crippen LogP contribution in [0.1, 0.15) is 18.2 Å². The van der Waals surface area contributed by atoms with Crippen LogP contribution in [0, 0.1) is 0 Å². The van der Waals surface area contributed by atoms with Gasteiger partial charge in [-0.2, -0.15) is 5.10 Å². The van der Waals surface area contributed by atoms with Crippen LogP contribution >= 0.6 is 11.8 Å². The maximum atomic E-state index is 4.72. The first-order chi connectivity index (χ1) is 7.84. The average Bonchev–Trinajstić information content (AvgIpc) is 2.77. The molecule has 0 bridgehead atoms. The Morgan fingerprint density at radius 2 is 2.44 bits per heavy atom. The SMILES string of the molecule is CN1CCCNCC1c1cc2n(n1)CCS2. The van der Waals surface area contributed by atoms with E-state index in [1.54, 1.807) is 0 Å². The second-order valence-corrected chi connectivity index (χ2v) is 5.65. The number of aryl methyl sites for hydroxylation is 1. The Labute approximate surface area is 100 Å². The van der Waals surface area contributed by atoms with Crippen LogP contribution in [0.5, 0.6) is 0 Å². The molecule has 0 aromatic carbocycles. The van der Waals surface area contributed by atoms with Gasteiger partial charge in [-0.05, 0) is 32.6 Å². The molecular weight excluding hydrogens is 220 g/mol. The molecule has 2 aliphatic rings. The lowest BCUT2D eigenvalue weighted by Crippen LogP contribution is -2.29. The fourth-order valence-electron chi connectivity index (χ4n) is 2.43. The summed E-state index contributed by atoms with van der Waals surface area (Å²) in [6, 6.07) is 2.72. The van der Waals surface area contributed by atoms with Crippen molar-refractivity contribution in [1.82, 2.24) is 20.0 Å². The van der Waals surface area contributed by atoms with E-state index in [9.17, 15) is 0 Å². The molecule has 88 valence electrons. The van der Waals surface area contributed by atoms with Crippen molar-refractivity contribution in [1.29, 1.82) is 0 Å². The fraction of sp³-hybridized carbons (Fsp3) is 0.727. The van der Waals surface area contributed by atoms with E-state index in [1.807, 2.05) is 11.8 Å². The van der Waals surface area contributed by atoms with Gasteiger partial charge >= 0.3 is 0 Å². The van der Waals surface area contributed by atoms with E-state index in [4.69, 9.17) is 5.10 Å². The van der Waals surface area contributed by atoms with Crippen molar-refractivity contribution in [3.05, 3.63) is 11.8 Å². The number of hydrogen-bond donors (Lipinski definition) is 1. The first kappa shape index (κ1) is 10.6. The molecular formula is C11H18N4S. The maximum absolute atomic E-state index is 4.72. The topological polar surface area (TPSA) is 33.1 Å². The molecule has 16 heavy (non-hydrogen) atoms. The molecule has 0 amide bonds. The molecule has 1 saturated heterocycles. The number of likely N-dealkylation sites (N-methyl/N-ethyl adjacent to an activating group) is 1. The molecule has 0 radical (unpaired) electrons. The lowest BCUT2D eigenvalue weighted by molar-refractivity contribution is 0.255. The molecule has 1 N–H and O–H groups in total. The highest BCUT2D eigenvalue weighted by molar-refractivity contribution is 7.99. The van der Waals surface area contributed by atoms with E-state index in [-0.39, 0.29) is 0 Å². The number of thioether (sulfide) groups is 1. The van der Waals surface area contributed by atoms with Crippen molar-refractivity contribution in [3.8, 4) is 0 Å². The third kappa shape index (κ3) is 1.87. The predicted octanol–water partition coefficient (Wildman–Crippen LogP) is 0.955. The van der Waals surface area contributed by atoms with E-state index >= 15 is 0 Å². The highest BCUT2D eigenvalue weighted by atomic mass is 32.2. The highest BCUT2D eigenvalue weighted by Gasteiger charge is 2.24. The van der Waals surface area contributed by atoms with Crippen LogP contribution in [0.4, 0.5) is 0 Å². The number of nitrogens with one attached hydrogen (secondary N) is 1. The predicted molar refractivity (Wildman–Crippen MR) is 65.8 cm³/mol. The zero-order valence-electron chi connectivity index (χ0n) is 9.65. The van der Waals surface area contributed by atoms with Gasteiger partial charge in [0.2, 0.25) is 0 Å². The van der Waals surface area contributed by atoms with Crippen LogP contribution in [0.15, 0.2) is 11.1 Å². The van der Waals surface area contributed by atoms with Crippen LogP contribution < -0.4 is 5.32 Å². The first-order valence-corrected chi connectivity index (χ1v) is 6.94. The molecule has 1 aromatic heterocycles. The van der Waals surface area contributed by atoms with Gasteiger partial charge in [-0.15, -0.1) is 11.8 Å².